The van der Waals surface area contributed by atoms with Crippen LogP contribution in [0.4, 0.5) is 0 Å². The maximum absolute atomic E-state index is 3.86. The number of rotatable bonds is 7. The third kappa shape index (κ3) is 3.76. The van der Waals surface area contributed by atoms with Crippen LogP contribution in [0.3, 0.4) is 0 Å². The van der Waals surface area contributed by atoms with E-state index < -0.39 is 0 Å². The number of piperazine rings is 1. The van der Waals surface area contributed by atoms with Gasteiger partial charge < -0.3 is 5.32 Å². The minimum absolute atomic E-state index is 0.427. The topological polar surface area (TPSA) is 15.3 Å². The first kappa shape index (κ1) is 16.3. The van der Waals surface area contributed by atoms with Crippen molar-refractivity contribution in [3.8, 4) is 0 Å². The third-order valence-electron chi connectivity index (χ3n) is 5.76. The molecule has 0 bridgehead atoms. The van der Waals surface area contributed by atoms with Crippen molar-refractivity contribution >= 4 is 0 Å². The molecule has 0 aromatic rings. The lowest BCUT2D eigenvalue weighted by molar-refractivity contribution is 0.0170. The molecule has 2 rings (SSSR count). The van der Waals surface area contributed by atoms with Crippen molar-refractivity contribution in [2.75, 3.05) is 19.6 Å². The van der Waals surface area contributed by atoms with E-state index in [1.807, 2.05) is 0 Å². The monoisotopic (exact) mass is 280 g/mol. The lowest BCUT2D eigenvalue weighted by Gasteiger charge is -2.50. The summed E-state index contributed by atoms with van der Waals surface area (Å²) >= 11 is 0. The predicted molar refractivity (Wildman–Crippen MR) is 88.0 cm³/mol. The highest BCUT2D eigenvalue weighted by Gasteiger charge is 2.48. The molecule has 0 radical (unpaired) electrons. The Bertz CT molecular complexity index is 294. The number of hydrogen-bond donors (Lipinski definition) is 1. The summed E-state index contributed by atoms with van der Waals surface area (Å²) in [6.45, 7) is 15.7. The van der Waals surface area contributed by atoms with Gasteiger partial charge in [-0.2, -0.15) is 0 Å². The largest absolute Gasteiger partial charge is 0.311 e. The van der Waals surface area contributed by atoms with E-state index in [9.17, 15) is 0 Å². The maximum Gasteiger partial charge on any atom is 0.0334 e. The zero-order valence-corrected chi connectivity index (χ0v) is 14.4. The first-order chi connectivity index (χ1) is 9.49. The molecule has 1 heterocycles. The maximum atomic E-state index is 3.86. The molecule has 2 atom stereocenters. The lowest BCUT2D eigenvalue weighted by Crippen LogP contribution is -2.65. The van der Waals surface area contributed by atoms with Crippen molar-refractivity contribution in [3.05, 3.63) is 0 Å². The van der Waals surface area contributed by atoms with Crippen LogP contribution in [0.5, 0.6) is 0 Å². The summed E-state index contributed by atoms with van der Waals surface area (Å²) in [5.41, 5.74) is 0.427. The Hall–Kier alpha value is -0.0800. The fraction of sp³-hybridized carbons (Fsp3) is 1.00. The first-order valence-corrected chi connectivity index (χ1v) is 8.98. The Morgan fingerprint density at radius 1 is 1.20 bits per heavy atom. The zero-order chi connectivity index (χ0) is 14.8. The highest BCUT2D eigenvalue weighted by molar-refractivity contribution is 5.05. The molecule has 0 aromatic heterocycles. The fourth-order valence-corrected chi connectivity index (χ4v) is 3.98. The smallest absolute Gasteiger partial charge is 0.0334 e. The van der Waals surface area contributed by atoms with Crippen LogP contribution in [-0.2, 0) is 0 Å². The van der Waals surface area contributed by atoms with Gasteiger partial charge in [0.05, 0.1) is 0 Å². The summed E-state index contributed by atoms with van der Waals surface area (Å²) in [7, 11) is 0. The van der Waals surface area contributed by atoms with Crippen LogP contribution in [0.2, 0.25) is 0 Å². The zero-order valence-electron chi connectivity index (χ0n) is 14.4. The van der Waals surface area contributed by atoms with Crippen LogP contribution in [0, 0.1) is 17.8 Å². The van der Waals surface area contributed by atoms with E-state index in [4.69, 9.17) is 0 Å². The second-order valence-electron chi connectivity index (χ2n) is 7.93. The van der Waals surface area contributed by atoms with Crippen LogP contribution in [-0.4, -0.2) is 36.1 Å². The summed E-state index contributed by atoms with van der Waals surface area (Å²) in [6.07, 6.45) is 6.88. The van der Waals surface area contributed by atoms with Gasteiger partial charge in [-0.1, -0.05) is 40.5 Å². The molecular formula is C18H36N2. The Balaban J connectivity index is 2.02. The third-order valence-corrected chi connectivity index (χ3v) is 5.76. The summed E-state index contributed by atoms with van der Waals surface area (Å²) in [5.74, 6) is 2.63. The van der Waals surface area contributed by atoms with Gasteiger partial charge in [-0.05, 0) is 43.9 Å². The van der Waals surface area contributed by atoms with E-state index in [0.29, 0.717) is 11.6 Å². The molecule has 1 saturated heterocycles. The SMILES string of the molecule is CCC(CC)CN1CC(CC(C)C)NCC1(C)C1CC1. The minimum Gasteiger partial charge on any atom is -0.311 e. The van der Waals surface area contributed by atoms with Crippen molar-refractivity contribution in [2.45, 2.75) is 78.3 Å². The van der Waals surface area contributed by atoms with Gasteiger partial charge in [-0.15, -0.1) is 0 Å². The van der Waals surface area contributed by atoms with Gasteiger partial charge in [-0.3, -0.25) is 4.90 Å². The van der Waals surface area contributed by atoms with E-state index in [0.717, 1.165) is 17.8 Å². The van der Waals surface area contributed by atoms with Crippen molar-refractivity contribution in [1.29, 1.82) is 0 Å². The molecule has 1 N–H and O–H groups in total. The van der Waals surface area contributed by atoms with E-state index in [2.05, 4.69) is 44.8 Å². The summed E-state index contributed by atoms with van der Waals surface area (Å²) < 4.78 is 0. The number of hydrogen-bond acceptors (Lipinski definition) is 2. The second-order valence-corrected chi connectivity index (χ2v) is 7.93. The molecule has 2 heteroatoms. The molecule has 0 amide bonds. The Morgan fingerprint density at radius 2 is 1.85 bits per heavy atom. The standard InChI is InChI=1S/C18H36N2/c1-6-15(7-2)11-20-12-17(10-14(3)4)19-13-18(20,5)16-8-9-16/h14-17,19H,6-13H2,1-5H3. The summed E-state index contributed by atoms with van der Waals surface area (Å²) in [5, 5.41) is 3.86. The molecule has 118 valence electrons. The first-order valence-electron chi connectivity index (χ1n) is 8.98. The quantitative estimate of drug-likeness (QED) is 0.760. The van der Waals surface area contributed by atoms with Crippen LogP contribution in [0.1, 0.15) is 66.7 Å². The molecular weight excluding hydrogens is 244 g/mol. The lowest BCUT2D eigenvalue weighted by atomic mass is 9.86. The van der Waals surface area contributed by atoms with Crippen LogP contribution >= 0.6 is 0 Å². The van der Waals surface area contributed by atoms with E-state index >= 15 is 0 Å². The van der Waals surface area contributed by atoms with Crippen molar-refractivity contribution in [3.63, 3.8) is 0 Å². The summed E-state index contributed by atoms with van der Waals surface area (Å²) in [4.78, 5) is 2.87. The molecule has 1 saturated carbocycles. The average molecular weight is 281 g/mol. The molecule has 0 spiro atoms. The highest BCUT2D eigenvalue weighted by Crippen LogP contribution is 2.44. The minimum atomic E-state index is 0.427. The number of nitrogens with zero attached hydrogens (tertiary/aromatic N) is 1. The fourth-order valence-electron chi connectivity index (χ4n) is 3.98. The highest BCUT2D eigenvalue weighted by atomic mass is 15.3. The Morgan fingerprint density at radius 3 is 2.35 bits per heavy atom. The van der Waals surface area contributed by atoms with Gasteiger partial charge in [0.25, 0.3) is 0 Å². The van der Waals surface area contributed by atoms with Crippen LogP contribution in [0.25, 0.3) is 0 Å². The van der Waals surface area contributed by atoms with Crippen LogP contribution < -0.4 is 5.32 Å². The Labute approximate surface area is 126 Å². The molecule has 2 aliphatic rings. The van der Waals surface area contributed by atoms with Gasteiger partial charge in [-0.25, -0.2) is 0 Å². The average Bonchev–Trinajstić information content (AvgIpc) is 3.23. The molecule has 2 nitrogen and oxygen atoms in total. The normalized spacial score (nSPS) is 32.2. The van der Waals surface area contributed by atoms with E-state index in [1.54, 1.807) is 0 Å². The van der Waals surface area contributed by atoms with Crippen molar-refractivity contribution in [1.82, 2.24) is 10.2 Å². The predicted octanol–water partition coefficient (Wildman–Crippen LogP) is 3.91. The summed E-state index contributed by atoms with van der Waals surface area (Å²) in [6, 6.07) is 0.705. The van der Waals surface area contributed by atoms with Gasteiger partial charge >= 0.3 is 0 Å². The molecule has 0 aromatic carbocycles. The van der Waals surface area contributed by atoms with E-state index in [-0.39, 0.29) is 0 Å². The van der Waals surface area contributed by atoms with E-state index in [1.165, 1.54) is 51.7 Å². The second kappa shape index (κ2) is 6.79. The molecule has 1 aliphatic carbocycles. The molecule has 20 heavy (non-hydrogen) atoms. The van der Waals surface area contributed by atoms with Gasteiger partial charge in [0.2, 0.25) is 0 Å². The van der Waals surface area contributed by atoms with Gasteiger partial charge in [0, 0.05) is 31.2 Å². The van der Waals surface area contributed by atoms with Crippen molar-refractivity contribution < 1.29 is 0 Å². The number of nitrogens with one attached hydrogen (secondary N) is 1. The van der Waals surface area contributed by atoms with Gasteiger partial charge in [0.1, 0.15) is 0 Å². The van der Waals surface area contributed by atoms with Crippen LogP contribution in [0.15, 0.2) is 0 Å². The van der Waals surface area contributed by atoms with Crippen molar-refractivity contribution in [2.24, 2.45) is 17.8 Å². The molecule has 2 fully saturated rings. The Kier molecular flexibility index (Phi) is 5.53. The van der Waals surface area contributed by atoms with Gasteiger partial charge in [0.15, 0.2) is 0 Å². The molecule has 1 aliphatic heterocycles. The molecule has 2 unspecified atom stereocenters.